The molecule has 0 aliphatic carbocycles. The first-order valence-electron chi connectivity index (χ1n) is 8.95. The molecule has 1 aliphatic heterocycles. The Morgan fingerprint density at radius 3 is 2.67 bits per heavy atom. The van der Waals surface area contributed by atoms with Crippen LogP contribution in [0, 0.1) is 0 Å². The number of carbonyl (C=O) groups is 2. The molecule has 2 aromatic rings. The maximum absolute atomic E-state index is 13.0. The van der Waals surface area contributed by atoms with Crippen LogP contribution in [-0.4, -0.2) is 34.5 Å². The van der Waals surface area contributed by atoms with Crippen LogP contribution in [0.4, 0.5) is 5.69 Å². The van der Waals surface area contributed by atoms with Crippen LogP contribution in [-0.2, 0) is 9.59 Å². The molecule has 0 aromatic heterocycles. The topological polar surface area (TPSA) is 76.1 Å². The number of carbonyl (C=O) groups excluding carboxylic acids is 1. The van der Waals surface area contributed by atoms with Gasteiger partial charge in [-0.25, -0.2) is 4.79 Å². The average molecular weight is 508 g/mol. The van der Waals surface area contributed by atoms with Crippen molar-refractivity contribution in [1.82, 2.24) is 0 Å². The summed E-state index contributed by atoms with van der Waals surface area (Å²) in [4.78, 5) is 26.2. The summed E-state index contributed by atoms with van der Waals surface area (Å²) in [7, 11) is 1.47. The van der Waals surface area contributed by atoms with E-state index in [1.165, 1.54) is 23.8 Å². The van der Waals surface area contributed by atoms with Gasteiger partial charge in [0.25, 0.3) is 5.91 Å². The van der Waals surface area contributed by atoms with E-state index in [1.807, 2.05) is 24.3 Å². The summed E-state index contributed by atoms with van der Waals surface area (Å²) in [5, 5.41) is 9.20. The molecule has 1 atom stereocenters. The highest BCUT2D eigenvalue weighted by Crippen LogP contribution is 2.39. The van der Waals surface area contributed by atoms with Crippen molar-refractivity contribution in [3.05, 3.63) is 57.4 Å². The van der Waals surface area contributed by atoms with Crippen LogP contribution in [0.1, 0.15) is 18.9 Å². The fraction of sp³-hybridized carbons (Fsp3) is 0.190. The van der Waals surface area contributed by atoms with Gasteiger partial charge in [0.1, 0.15) is 0 Å². The largest absolute Gasteiger partial charge is 0.493 e. The highest BCUT2D eigenvalue weighted by atomic mass is 79.9. The number of halogens is 1. The quantitative estimate of drug-likeness (QED) is 0.412. The highest BCUT2D eigenvalue weighted by molar-refractivity contribution is 9.10. The molecule has 1 unspecified atom stereocenters. The Bertz CT molecular complexity index is 1040. The molecule has 1 aliphatic rings. The Kier molecular flexibility index (Phi) is 7.17. The minimum Gasteiger partial charge on any atom is -0.493 e. The Morgan fingerprint density at radius 1 is 1.30 bits per heavy atom. The zero-order valence-electron chi connectivity index (χ0n) is 16.1. The van der Waals surface area contributed by atoms with E-state index in [2.05, 4.69) is 15.9 Å². The number of hydrogen-bond donors (Lipinski definition) is 1. The van der Waals surface area contributed by atoms with Gasteiger partial charge in [-0.05, 0) is 58.3 Å². The van der Waals surface area contributed by atoms with Gasteiger partial charge in [0, 0.05) is 4.47 Å². The van der Waals surface area contributed by atoms with E-state index in [0.717, 1.165) is 4.47 Å². The van der Waals surface area contributed by atoms with E-state index in [9.17, 15) is 14.7 Å². The fourth-order valence-electron chi connectivity index (χ4n) is 2.79. The second-order valence-corrected chi connectivity index (χ2v) is 8.76. The lowest BCUT2D eigenvalue weighted by molar-refractivity contribution is -0.145. The van der Waals surface area contributed by atoms with Crippen molar-refractivity contribution in [1.29, 1.82) is 0 Å². The molecule has 1 N–H and O–H groups in total. The van der Waals surface area contributed by atoms with Gasteiger partial charge in [0.15, 0.2) is 21.9 Å². The van der Waals surface area contributed by atoms with E-state index >= 15 is 0 Å². The number of amides is 1. The molecule has 1 amide bonds. The maximum Gasteiger partial charge on any atom is 0.344 e. The predicted molar refractivity (Wildman–Crippen MR) is 125 cm³/mol. The molecule has 1 saturated heterocycles. The standard InChI is InChI=1S/C21H18BrNO5S2/c1-3-15(20(25)26)28-16-9-8-12(10-17(16)27-2)11-18-19(24)23(21(29)30-18)14-7-5-4-6-13(14)22/h4-11,15H,3H2,1-2H3,(H,25,26)/b18-11+. The summed E-state index contributed by atoms with van der Waals surface area (Å²) in [5.41, 5.74) is 1.39. The van der Waals surface area contributed by atoms with Crippen molar-refractivity contribution in [2.45, 2.75) is 19.4 Å². The lowest BCUT2D eigenvalue weighted by Crippen LogP contribution is -2.27. The number of anilines is 1. The van der Waals surface area contributed by atoms with Crippen LogP contribution < -0.4 is 14.4 Å². The number of thioether (sulfide) groups is 1. The lowest BCUT2D eigenvalue weighted by atomic mass is 10.1. The number of thiocarbonyl (C=S) groups is 1. The number of nitrogens with zero attached hydrogens (tertiary/aromatic N) is 1. The third kappa shape index (κ3) is 4.69. The number of hydrogen-bond acceptors (Lipinski definition) is 6. The average Bonchev–Trinajstić information content (AvgIpc) is 3.00. The van der Waals surface area contributed by atoms with E-state index < -0.39 is 12.1 Å². The first-order valence-corrected chi connectivity index (χ1v) is 11.0. The van der Waals surface area contributed by atoms with Gasteiger partial charge >= 0.3 is 5.97 Å². The van der Waals surface area contributed by atoms with Gasteiger partial charge in [-0.1, -0.05) is 49.1 Å². The zero-order chi connectivity index (χ0) is 21.8. The summed E-state index contributed by atoms with van der Waals surface area (Å²) in [5.74, 6) is -0.554. The van der Waals surface area contributed by atoms with Crippen LogP contribution in [0.5, 0.6) is 11.5 Å². The Hall–Kier alpha value is -2.36. The van der Waals surface area contributed by atoms with E-state index in [4.69, 9.17) is 21.7 Å². The third-order valence-electron chi connectivity index (χ3n) is 4.29. The first-order chi connectivity index (χ1) is 14.3. The van der Waals surface area contributed by atoms with Gasteiger partial charge in [0.2, 0.25) is 0 Å². The fourth-order valence-corrected chi connectivity index (χ4v) is 4.54. The summed E-state index contributed by atoms with van der Waals surface area (Å²) in [6, 6.07) is 12.4. The maximum atomic E-state index is 13.0. The number of aliphatic carboxylic acids is 1. The first kappa shape index (κ1) is 22.3. The molecule has 0 radical (unpaired) electrons. The molecular weight excluding hydrogens is 490 g/mol. The Morgan fingerprint density at radius 2 is 2.03 bits per heavy atom. The molecule has 0 spiro atoms. The number of ether oxygens (including phenoxy) is 2. The van der Waals surface area contributed by atoms with Crippen molar-refractivity contribution in [3.8, 4) is 11.5 Å². The van der Waals surface area contributed by atoms with Crippen molar-refractivity contribution in [2.75, 3.05) is 12.0 Å². The molecule has 30 heavy (non-hydrogen) atoms. The van der Waals surface area contributed by atoms with Gasteiger partial charge < -0.3 is 14.6 Å². The minimum atomic E-state index is -1.04. The number of carboxylic acids is 1. The Balaban J connectivity index is 1.88. The normalized spacial score (nSPS) is 16.1. The molecule has 1 fully saturated rings. The Labute approximate surface area is 192 Å². The molecule has 156 valence electrons. The van der Waals surface area contributed by atoms with Crippen LogP contribution >= 0.6 is 39.9 Å². The van der Waals surface area contributed by atoms with Crippen LogP contribution in [0.15, 0.2) is 51.8 Å². The van der Waals surface area contributed by atoms with Crippen LogP contribution in [0.25, 0.3) is 6.08 Å². The molecule has 6 nitrogen and oxygen atoms in total. The van der Waals surface area contributed by atoms with E-state index in [-0.39, 0.29) is 5.91 Å². The number of benzene rings is 2. The molecule has 2 aromatic carbocycles. The van der Waals surface area contributed by atoms with E-state index in [0.29, 0.717) is 38.4 Å². The second kappa shape index (κ2) is 9.63. The lowest BCUT2D eigenvalue weighted by Gasteiger charge is -2.16. The number of methoxy groups -OCH3 is 1. The third-order valence-corrected chi connectivity index (χ3v) is 6.26. The van der Waals surface area contributed by atoms with Crippen LogP contribution in [0.3, 0.4) is 0 Å². The van der Waals surface area contributed by atoms with Gasteiger partial charge in [-0.15, -0.1) is 0 Å². The molecule has 1 heterocycles. The number of rotatable bonds is 7. The van der Waals surface area contributed by atoms with Gasteiger partial charge in [0.05, 0.1) is 17.7 Å². The molecule has 3 rings (SSSR count). The van der Waals surface area contributed by atoms with Gasteiger partial charge in [-0.2, -0.15) is 0 Å². The molecular formula is C21H18BrNO5S2. The van der Waals surface area contributed by atoms with Crippen molar-refractivity contribution < 1.29 is 24.2 Å². The van der Waals surface area contributed by atoms with Crippen molar-refractivity contribution in [3.63, 3.8) is 0 Å². The molecule has 9 heteroatoms. The summed E-state index contributed by atoms with van der Waals surface area (Å²) >= 11 is 10.1. The van der Waals surface area contributed by atoms with Gasteiger partial charge in [-0.3, -0.25) is 9.69 Å². The summed E-state index contributed by atoms with van der Waals surface area (Å²) in [6.45, 7) is 1.73. The summed E-state index contributed by atoms with van der Waals surface area (Å²) in [6.07, 6.45) is 1.07. The van der Waals surface area contributed by atoms with Crippen LogP contribution in [0.2, 0.25) is 0 Å². The monoisotopic (exact) mass is 507 g/mol. The minimum absolute atomic E-state index is 0.215. The SMILES string of the molecule is CCC(Oc1ccc(/C=C2/SC(=S)N(c3ccccc3Br)C2=O)cc1OC)C(=O)O. The predicted octanol–water partition coefficient (Wildman–Crippen LogP) is 5.11. The highest BCUT2D eigenvalue weighted by Gasteiger charge is 2.34. The smallest absolute Gasteiger partial charge is 0.344 e. The van der Waals surface area contributed by atoms with Crippen molar-refractivity contribution >= 4 is 67.9 Å². The van der Waals surface area contributed by atoms with Crippen molar-refractivity contribution in [2.24, 2.45) is 0 Å². The number of para-hydroxylation sites is 1. The van der Waals surface area contributed by atoms with E-state index in [1.54, 1.807) is 31.2 Å². The zero-order valence-corrected chi connectivity index (χ0v) is 19.3. The number of carboxylic acid groups (broad SMARTS) is 1. The second-order valence-electron chi connectivity index (χ2n) is 6.23. The molecule has 0 saturated carbocycles. The summed E-state index contributed by atoms with van der Waals surface area (Å²) < 4.78 is 12.1. The molecule has 0 bridgehead atoms.